The van der Waals surface area contributed by atoms with Crippen molar-refractivity contribution in [3.63, 3.8) is 0 Å². The SMILES string of the molecule is O=C1CN(CCOc2ccc(Cl)cc2Cl)C(C(=O)O)CN1. The number of carboxylic acids is 1. The van der Waals surface area contributed by atoms with Gasteiger partial charge in [-0.15, -0.1) is 0 Å². The number of hydrogen-bond acceptors (Lipinski definition) is 4. The Morgan fingerprint density at radius 1 is 1.48 bits per heavy atom. The van der Waals surface area contributed by atoms with Crippen LogP contribution >= 0.6 is 23.2 Å². The summed E-state index contributed by atoms with van der Waals surface area (Å²) in [5.74, 6) is -0.703. The van der Waals surface area contributed by atoms with Crippen LogP contribution in [0.5, 0.6) is 5.75 Å². The van der Waals surface area contributed by atoms with E-state index in [4.69, 9.17) is 33.0 Å². The fraction of sp³-hybridized carbons (Fsp3) is 0.385. The van der Waals surface area contributed by atoms with E-state index in [-0.39, 0.29) is 25.6 Å². The quantitative estimate of drug-likeness (QED) is 0.848. The second-order valence-corrected chi connectivity index (χ2v) is 5.40. The van der Waals surface area contributed by atoms with Gasteiger partial charge in [0.1, 0.15) is 18.4 Å². The number of nitrogens with zero attached hydrogens (tertiary/aromatic N) is 1. The topological polar surface area (TPSA) is 78.9 Å². The Balaban J connectivity index is 1.91. The number of nitrogens with one attached hydrogen (secondary N) is 1. The van der Waals surface area contributed by atoms with Crippen molar-refractivity contribution in [3.05, 3.63) is 28.2 Å². The second-order valence-electron chi connectivity index (χ2n) is 4.55. The van der Waals surface area contributed by atoms with E-state index in [0.717, 1.165) is 0 Å². The smallest absolute Gasteiger partial charge is 0.322 e. The zero-order chi connectivity index (χ0) is 15.4. The highest BCUT2D eigenvalue weighted by atomic mass is 35.5. The lowest BCUT2D eigenvalue weighted by atomic mass is 10.2. The van der Waals surface area contributed by atoms with Crippen molar-refractivity contribution in [1.82, 2.24) is 10.2 Å². The van der Waals surface area contributed by atoms with E-state index >= 15 is 0 Å². The molecule has 0 radical (unpaired) electrons. The van der Waals surface area contributed by atoms with Crippen LogP contribution < -0.4 is 10.1 Å². The van der Waals surface area contributed by atoms with E-state index in [1.807, 2.05) is 0 Å². The van der Waals surface area contributed by atoms with E-state index in [2.05, 4.69) is 5.32 Å². The molecule has 1 heterocycles. The molecule has 1 atom stereocenters. The van der Waals surface area contributed by atoms with Gasteiger partial charge in [0.2, 0.25) is 5.91 Å². The number of aliphatic carboxylic acids is 1. The number of piperazine rings is 1. The average Bonchev–Trinajstić information content (AvgIpc) is 2.41. The third-order valence-corrected chi connectivity index (χ3v) is 3.63. The minimum absolute atomic E-state index is 0.0364. The predicted molar refractivity (Wildman–Crippen MR) is 78.0 cm³/mol. The molecular weight excluding hydrogens is 319 g/mol. The van der Waals surface area contributed by atoms with Gasteiger partial charge >= 0.3 is 5.97 Å². The molecule has 8 heteroatoms. The molecule has 1 aliphatic heterocycles. The van der Waals surface area contributed by atoms with Gasteiger partial charge < -0.3 is 15.2 Å². The largest absolute Gasteiger partial charge is 0.491 e. The Morgan fingerprint density at radius 2 is 2.24 bits per heavy atom. The summed E-state index contributed by atoms with van der Waals surface area (Å²) in [6.07, 6.45) is 0. The molecule has 0 saturated carbocycles. The van der Waals surface area contributed by atoms with Gasteiger partial charge in [0.25, 0.3) is 0 Å². The molecule has 1 saturated heterocycles. The molecule has 21 heavy (non-hydrogen) atoms. The van der Waals surface area contributed by atoms with Crippen molar-refractivity contribution >= 4 is 35.1 Å². The van der Waals surface area contributed by atoms with Crippen LogP contribution in [0.3, 0.4) is 0 Å². The van der Waals surface area contributed by atoms with E-state index in [0.29, 0.717) is 22.3 Å². The number of hydrogen-bond donors (Lipinski definition) is 2. The van der Waals surface area contributed by atoms with Crippen molar-refractivity contribution in [2.24, 2.45) is 0 Å². The van der Waals surface area contributed by atoms with Crippen LogP contribution in [-0.4, -0.2) is 54.2 Å². The minimum atomic E-state index is -0.973. The lowest BCUT2D eigenvalue weighted by molar-refractivity contribution is -0.146. The normalized spacial score (nSPS) is 19.1. The summed E-state index contributed by atoms with van der Waals surface area (Å²) in [4.78, 5) is 24.0. The minimum Gasteiger partial charge on any atom is -0.491 e. The Morgan fingerprint density at radius 3 is 2.90 bits per heavy atom. The Bertz CT molecular complexity index is 553. The van der Waals surface area contributed by atoms with Crippen LogP contribution in [-0.2, 0) is 9.59 Å². The van der Waals surface area contributed by atoms with Gasteiger partial charge in [-0.3, -0.25) is 14.5 Å². The Kier molecular flexibility index (Phi) is 5.27. The van der Waals surface area contributed by atoms with Crippen molar-refractivity contribution in [2.45, 2.75) is 6.04 Å². The van der Waals surface area contributed by atoms with Gasteiger partial charge in [-0.1, -0.05) is 23.2 Å². The van der Waals surface area contributed by atoms with Crippen LogP contribution in [0, 0.1) is 0 Å². The maximum Gasteiger partial charge on any atom is 0.322 e. The Labute approximate surface area is 131 Å². The van der Waals surface area contributed by atoms with Crippen LogP contribution in [0.2, 0.25) is 10.0 Å². The number of ether oxygens (including phenoxy) is 1. The fourth-order valence-corrected chi connectivity index (χ4v) is 2.50. The molecule has 2 rings (SSSR count). The van der Waals surface area contributed by atoms with Crippen LogP contribution in [0.1, 0.15) is 0 Å². The highest BCUT2D eigenvalue weighted by Gasteiger charge is 2.31. The summed E-state index contributed by atoms with van der Waals surface area (Å²) in [6.45, 7) is 0.659. The molecule has 2 N–H and O–H groups in total. The summed E-state index contributed by atoms with van der Waals surface area (Å²) in [7, 11) is 0. The lowest BCUT2D eigenvalue weighted by Gasteiger charge is -2.32. The molecule has 1 unspecified atom stereocenters. The maximum atomic E-state index is 11.3. The number of carboxylic acid groups (broad SMARTS) is 1. The van der Waals surface area contributed by atoms with Gasteiger partial charge in [-0.25, -0.2) is 0 Å². The van der Waals surface area contributed by atoms with E-state index < -0.39 is 12.0 Å². The molecule has 1 aliphatic rings. The maximum absolute atomic E-state index is 11.3. The first-order valence-corrected chi connectivity index (χ1v) is 7.04. The molecule has 1 aromatic rings. The second kappa shape index (κ2) is 6.98. The molecule has 0 spiro atoms. The van der Waals surface area contributed by atoms with Crippen molar-refractivity contribution < 1.29 is 19.4 Å². The standard InChI is InChI=1S/C13H14Cl2N2O4/c14-8-1-2-11(9(15)5-8)21-4-3-17-7-12(18)16-6-10(17)13(19)20/h1-2,5,10H,3-4,6-7H2,(H,16,18)(H,19,20). The van der Waals surface area contributed by atoms with Gasteiger partial charge in [-0.05, 0) is 18.2 Å². The third kappa shape index (κ3) is 4.23. The zero-order valence-corrected chi connectivity index (χ0v) is 12.5. The Hall–Kier alpha value is -1.50. The summed E-state index contributed by atoms with van der Waals surface area (Å²) >= 11 is 11.8. The highest BCUT2D eigenvalue weighted by Crippen LogP contribution is 2.27. The van der Waals surface area contributed by atoms with Gasteiger partial charge in [0, 0.05) is 18.1 Å². The first-order valence-electron chi connectivity index (χ1n) is 6.29. The van der Waals surface area contributed by atoms with Crippen LogP contribution in [0.4, 0.5) is 0 Å². The molecule has 1 aromatic carbocycles. The molecule has 0 bridgehead atoms. The molecule has 6 nitrogen and oxygen atoms in total. The zero-order valence-electron chi connectivity index (χ0n) is 11.0. The molecule has 0 aromatic heterocycles. The molecular formula is C13H14Cl2N2O4. The van der Waals surface area contributed by atoms with E-state index in [9.17, 15) is 9.59 Å². The van der Waals surface area contributed by atoms with E-state index in [1.165, 1.54) is 0 Å². The summed E-state index contributed by atoms with van der Waals surface area (Å²) in [6, 6.07) is 4.11. The number of carbonyl (C=O) groups excluding carboxylic acids is 1. The number of halogens is 2. The molecule has 0 aliphatic carbocycles. The fourth-order valence-electron chi connectivity index (χ4n) is 2.03. The molecule has 1 fully saturated rings. The van der Waals surface area contributed by atoms with Gasteiger partial charge in [0.15, 0.2) is 0 Å². The first kappa shape index (κ1) is 15.9. The number of amides is 1. The summed E-state index contributed by atoms with van der Waals surface area (Å²) in [5, 5.41) is 12.5. The molecule has 114 valence electrons. The van der Waals surface area contributed by atoms with Crippen molar-refractivity contribution in [1.29, 1.82) is 0 Å². The van der Waals surface area contributed by atoms with Crippen molar-refractivity contribution in [2.75, 3.05) is 26.2 Å². The van der Waals surface area contributed by atoms with Gasteiger partial charge in [-0.2, -0.15) is 0 Å². The predicted octanol–water partition coefficient (Wildman–Crippen LogP) is 1.26. The van der Waals surface area contributed by atoms with Crippen molar-refractivity contribution in [3.8, 4) is 5.75 Å². The van der Waals surface area contributed by atoms with Crippen LogP contribution in [0.25, 0.3) is 0 Å². The average molecular weight is 333 g/mol. The third-order valence-electron chi connectivity index (χ3n) is 3.10. The van der Waals surface area contributed by atoms with Gasteiger partial charge in [0.05, 0.1) is 11.6 Å². The van der Waals surface area contributed by atoms with Crippen LogP contribution in [0.15, 0.2) is 18.2 Å². The lowest BCUT2D eigenvalue weighted by Crippen LogP contribution is -2.58. The number of rotatable bonds is 5. The highest BCUT2D eigenvalue weighted by molar-refractivity contribution is 6.35. The number of carbonyl (C=O) groups is 2. The van der Waals surface area contributed by atoms with E-state index in [1.54, 1.807) is 23.1 Å². The first-order chi connectivity index (χ1) is 9.97. The number of benzene rings is 1. The monoisotopic (exact) mass is 332 g/mol. The molecule has 1 amide bonds. The summed E-state index contributed by atoms with van der Waals surface area (Å²) < 4.78 is 5.50. The summed E-state index contributed by atoms with van der Waals surface area (Å²) in [5.41, 5.74) is 0.